The Bertz CT molecular complexity index is 481. The van der Waals surface area contributed by atoms with E-state index >= 15 is 0 Å². The van der Waals surface area contributed by atoms with Crippen molar-refractivity contribution in [2.24, 2.45) is 5.92 Å². The molecule has 1 fully saturated rings. The van der Waals surface area contributed by atoms with E-state index < -0.39 is 5.92 Å². The van der Waals surface area contributed by atoms with Gasteiger partial charge in [0.2, 0.25) is 0 Å². The molecule has 0 aliphatic heterocycles. The molecule has 18 heavy (non-hydrogen) atoms. The van der Waals surface area contributed by atoms with Crippen LogP contribution in [0.25, 0.3) is 0 Å². The molecule has 1 unspecified atom stereocenters. The van der Waals surface area contributed by atoms with Gasteiger partial charge in [-0.2, -0.15) is 5.26 Å². The average molecular weight is 282 g/mol. The molecule has 0 amide bonds. The van der Waals surface area contributed by atoms with Crippen LogP contribution in [0.5, 0.6) is 0 Å². The maximum atomic E-state index is 12.3. The first-order valence-corrected chi connectivity index (χ1v) is 6.78. The minimum absolute atomic E-state index is 0.0120. The number of rotatable bonds is 3. The molecule has 1 saturated carbocycles. The molecular formula is C14H13Cl2NO. The monoisotopic (exact) mass is 281 g/mol. The van der Waals surface area contributed by atoms with Gasteiger partial charge >= 0.3 is 0 Å². The summed E-state index contributed by atoms with van der Waals surface area (Å²) in [6.45, 7) is 0. The fraction of sp³-hybridized carbons (Fsp3) is 0.429. The molecule has 0 heterocycles. The molecule has 2 nitrogen and oxygen atoms in total. The molecule has 1 aromatic carbocycles. The summed E-state index contributed by atoms with van der Waals surface area (Å²) in [5, 5.41) is 10.0. The normalized spacial score (nSPS) is 17.4. The largest absolute Gasteiger partial charge is 0.298 e. The third-order valence-corrected chi connectivity index (χ3v) is 4.12. The SMILES string of the molecule is N#CC(C(=O)C1CCCC1)c1c(Cl)cccc1Cl. The zero-order chi connectivity index (χ0) is 13.1. The Morgan fingerprint density at radius 1 is 1.28 bits per heavy atom. The molecule has 0 radical (unpaired) electrons. The number of carbonyl (C=O) groups excluding carboxylic acids is 1. The van der Waals surface area contributed by atoms with E-state index in [2.05, 4.69) is 6.07 Å². The second-order valence-corrected chi connectivity index (χ2v) is 5.40. The molecule has 1 aliphatic carbocycles. The summed E-state index contributed by atoms with van der Waals surface area (Å²) >= 11 is 12.1. The number of nitrogens with zero attached hydrogens (tertiary/aromatic N) is 1. The van der Waals surface area contributed by atoms with Crippen LogP contribution in [0.1, 0.15) is 37.2 Å². The van der Waals surface area contributed by atoms with Crippen LogP contribution in [0.2, 0.25) is 10.0 Å². The van der Waals surface area contributed by atoms with Gasteiger partial charge < -0.3 is 0 Å². The Morgan fingerprint density at radius 3 is 2.33 bits per heavy atom. The van der Waals surface area contributed by atoms with Gasteiger partial charge in [-0.05, 0) is 25.0 Å². The van der Waals surface area contributed by atoms with Crippen LogP contribution in [-0.4, -0.2) is 5.78 Å². The van der Waals surface area contributed by atoms with E-state index in [1.807, 2.05) is 0 Å². The third kappa shape index (κ3) is 2.53. The number of nitriles is 1. The molecule has 0 N–H and O–H groups in total. The van der Waals surface area contributed by atoms with Crippen molar-refractivity contribution in [2.75, 3.05) is 0 Å². The zero-order valence-electron chi connectivity index (χ0n) is 9.83. The smallest absolute Gasteiger partial charge is 0.157 e. The second-order valence-electron chi connectivity index (χ2n) is 4.58. The lowest BCUT2D eigenvalue weighted by molar-refractivity contribution is -0.123. The van der Waals surface area contributed by atoms with Crippen molar-refractivity contribution < 1.29 is 4.79 Å². The Labute approximate surface area is 117 Å². The van der Waals surface area contributed by atoms with Gasteiger partial charge in [-0.1, -0.05) is 42.1 Å². The fourth-order valence-corrected chi connectivity index (χ4v) is 3.12. The summed E-state index contributed by atoms with van der Waals surface area (Å²) in [7, 11) is 0. The minimum Gasteiger partial charge on any atom is -0.298 e. The fourth-order valence-electron chi connectivity index (χ4n) is 2.50. The first-order valence-electron chi connectivity index (χ1n) is 6.02. The highest BCUT2D eigenvalue weighted by Gasteiger charge is 2.32. The van der Waals surface area contributed by atoms with E-state index in [4.69, 9.17) is 23.2 Å². The van der Waals surface area contributed by atoms with Gasteiger partial charge in [-0.3, -0.25) is 4.79 Å². The van der Waals surface area contributed by atoms with Crippen molar-refractivity contribution >= 4 is 29.0 Å². The summed E-state index contributed by atoms with van der Waals surface area (Å²) in [6.07, 6.45) is 3.87. The Hall–Kier alpha value is -1.04. The van der Waals surface area contributed by atoms with E-state index in [9.17, 15) is 10.1 Å². The maximum absolute atomic E-state index is 12.3. The first kappa shape index (κ1) is 13.4. The average Bonchev–Trinajstić information content (AvgIpc) is 2.87. The Balaban J connectivity index is 2.34. The van der Waals surface area contributed by atoms with Crippen molar-refractivity contribution in [1.82, 2.24) is 0 Å². The van der Waals surface area contributed by atoms with Crippen LogP contribution >= 0.6 is 23.2 Å². The van der Waals surface area contributed by atoms with Crippen molar-refractivity contribution in [3.05, 3.63) is 33.8 Å². The summed E-state index contributed by atoms with van der Waals surface area (Å²) in [5.41, 5.74) is 0.459. The van der Waals surface area contributed by atoms with E-state index in [1.54, 1.807) is 18.2 Å². The third-order valence-electron chi connectivity index (χ3n) is 3.46. The van der Waals surface area contributed by atoms with Crippen molar-refractivity contribution in [2.45, 2.75) is 31.6 Å². The van der Waals surface area contributed by atoms with Crippen LogP contribution in [0, 0.1) is 17.2 Å². The lowest BCUT2D eigenvalue weighted by Gasteiger charge is -2.15. The topological polar surface area (TPSA) is 40.9 Å². The first-order chi connectivity index (χ1) is 8.65. The van der Waals surface area contributed by atoms with Gasteiger partial charge in [0.1, 0.15) is 5.92 Å². The summed E-state index contributed by atoms with van der Waals surface area (Å²) < 4.78 is 0. The molecule has 0 aromatic heterocycles. The number of halogens is 2. The highest BCUT2D eigenvalue weighted by Crippen LogP contribution is 2.36. The van der Waals surface area contributed by atoms with Crippen molar-refractivity contribution in [3.8, 4) is 6.07 Å². The zero-order valence-corrected chi connectivity index (χ0v) is 11.3. The maximum Gasteiger partial charge on any atom is 0.157 e. The number of Topliss-reactive ketones (excluding diaryl/α,β-unsaturated/α-hetero) is 1. The van der Waals surface area contributed by atoms with E-state index in [0.717, 1.165) is 25.7 Å². The predicted octanol–water partition coefficient (Wildman–Crippen LogP) is 4.36. The van der Waals surface area contributed by atoms with Crippen molar-refractivity contribution in [1.29, 1.82) is 5.26 Å². The lowest BCUT2D eigenvalue weighted by Crippen LogP contribution is -2.19. The van der Waals surface area contributed by atoms with Gasteiger partial charge in [-0.15, -0.1) is 0 Å². The van der Waals surface area contributed by atoms with Crippen LogP contribution < -0.4 is 0 Å². The highest BCUT2D eigenvalue weighted by molar-refractivity contribution is 6.36. The van der Waals surface area contributed by atoms with E-state index in [0.29, 0.717) is 15.6 Å². The molecule has 1 aliphatic rings. The molecule has 1 atom stereocenters. The number of hydrogen-bond acceptors (Lipinski definition) is 2. The molecule has 0 bridgehead atoms. The molecular weight excluding hydrogens is 269 g/mol. The van der Waals surface area contributed by atoms with Gasteiger partial charge in [0.25, 0.3) is 0 Å². The lowest BCUT2D eigenvalue weighted by atomic mass is 9.87. The Morgan fingerprint density at radius 2 is 1.83 bits per heavy atom. The molecule has 94 valence electrons. The number of hydrogen-bond donors (Lipinski definition) is 0. The molecule has 4 heteroatoms. The number of carbonyl (C=O) groups is 1. The molecule has 0 spiro atoms. The quantitative estimate of drug-likeness (QED) is 0.826. The molecule has 2 rings (SSSR count). The van der Waals surface area contributed by atoms with E-state index in [1.165, 1.54) is 0 Å². The van der Waals surface area contributed by atoms with Gasteiger partial charge in [0.05, 0.1) is 6.07 Å². The van der Waals surface area contributed by atoms with Crippen LogP contribution in [0.3, 0.4) is 0 Å². The predicted molar refractivity (Wildman–Crippen MR) is 71.8 cm³/mol. The summed E-state index contributed by atoms with van der Waals surface area (Å²) in [4.78, 5) is 12.3. The van der Waals surface area contributed by atoms with Gasteiger partial charge in [0, 0.05) is 21.5 Å². The molecule has 1 aromatic rings. The Kier molecular flexibility index (Phi) is 4.27. The highest BCUT2D eigenvalue weighted by atomic mass is 35.5. The summed E-state index contributed by atoms with van der Waals surface area (Å²) in [6, 6.07) is 7.09. The van der Waals surface area contributed by atoms with Gasteiger partial charge in [0.15, 0.2) is 5.78 Å². The molecule has 0 saturated heterocycles. The summed E-state index contributed by atoms with van der Waals surface area (Å²) in [5.74, 6) is -0.888. The second kappa shape index (κ2) is 5.73. The number of ketones is 1. The van der Waals surface area contributed by atoms with E-state index in [-0.39, 0.29) is 11.7 Å². The minimum atomic E-state index is -0.839. The van der Waals surface area contributed by atoms with Crippen molar-refractivity contribution in [3.63, 3.8) is 0 Å². The number of benzene rings is 1. The van der Waals surface area contributed by atoms with Gasteiger partial charge in [-0.25, -0.2) is 0 Å². The van der Waals surface area contributed by atoms with Crippen LogP contribution in [-0.2, 0) is 4.79 Å². The standard InChI is InChI=1S/C14H13Cl2NO/c15-11-6-3-7-12(16)13(11)10(8-17)14(18)9-4-1-2-5-9/h3,6-7,9-10H,1-2,4-5H2. The van der Waals surface area contributed by atoms with Crippen LogP contribution in [0.15, 0.2) is 18.2 Å². The van der Waals surface area contributed by atoms with Crippen LogP contribution in [0.4, 0.5) is 0 Å².